The Bertz CT molecular complexity index is 327. The molecule has 0 aromatic carbocycles. The van der Waals surface area contributed by atoms with Crippen molar-refractivity contribution >= 4 is 12.0 Å². The van der Waals surface area contributed by atoms with E-state index in [0.29, 0.717) is 19.8 Å². The average molecular weight is 273 g/mol. The van der Waals surface area contributed by atoms with Gasteiger partial charge < -0.3 is 25.4 Å². The Morgan fingerprint density at radius 3 is 2.42 bits per heavy atom. The van der Waals surface area contributed by atoms with Gasteiger partial charge in [-0.3, -0.25) is 0 Å². The van der Waals surface area contributed by atoms with Crippen LogP contribution in [-0.2, 0) is 9.53 Å². The van der Waals surface area contributed by atoms with Gasteiger partial charge in [-0.05, 0) is 21.0 Å². The fraction of sp³-hybridized carbons (Fsp3) is 0.833. The molecule has 1 atom stereocenters. The third kappa shape index (κ3) is 4.68. The third-order valence-corrected chi connectivity index (χ3v) is 3.13. The number of carboxylic acid groups (broad SMARTS) is 1. The molecule has 1 aliphatic heterocycles. The highest BCUT2D eigenvalue weighted by molar-refractivity contribution is 5.86. The first-order valence-corrected chi connectivity index (χ1v) is 6.40. The largest absolute Gasteiger partial charge is 0.480 e. The van der Waals surface area contributed by atoms with Gasteiger partial charge in [-0.25, -0.2) is 9.59 Å². The average Bonchev–Trinajstić information content (AvgIpc) is 2.28. The minimum absolute atomic E-state index is 0.0549. The predicted octanol–water partition coefficient (Wildman–Crippen LogP) is -0.130. The number of carboxylic acids is 1. The number of aliphatic carboxylic acids is 1. The minimum atomic E-state index is -1.21. The highest BCUT2D eigenvalue weighted by Gasteiger charge is 2.41. The highest BCUT2D eigenvalue weighted by atomic mass is 16.5. The van der Waals surface area contributed by atoms with Crippen molar-refractivity contribution in [2.24, 2.45) is 0 Å². The lowest BCUT2D eigenvalue weighted by molar-refractivity contribution is -0.148. The molecule has 0 saturated carbocycles. The predicted molar refractivity (Wildman–Crippen MR) is 70.1 cm³/mol. The second-order valence-corrected chi connectivity index (χ2v) is 5.26. The fourth-order valence-corrected chi connectivity index (χ4v) is 2.18. The summed E-state index contributed by atoms with van der Waals surface area (Å²) in [6, 6.07) is -0.501. The number of hydrogen-bond acceptors (Lipinski definition) is 4. The van der Waals surface area contributed by atoms with Gasteiger partial charge in [-0.15, -0.1) is 0 Å². The number of rotatable bonds is 5. The Hall–Kier alpha value is -1.34. The summed E-state index contributed by atoms with van der Waals surface area (Å²) >= 11 is 0. The lowest BCUT2D eigenvalue weighted by atomic mass is 9.90. The van der Waals surface area contributed by atoms with Gasteiger partial charge in [0.15, 0.2) is 0 Å². The van der Waals surface area contributed by atoms with E-state index in [-0.39, 0.29) is 18.9 Å². The standard InChI is InChI=1S/C12H23N3O4/c1-9(8-15(2)3)13-11(18)14-12(10(16)17)4-6-19-7-5-12/h9H,4-8H2,1-3H3,(H,16,17)(H2,13,14,18). The Kier molecular flexibility index (Phi) is 5.56. The summed E-state index contributed by atoms with van der Waals surface area (Å²) < 4.78 is 5.15. The van der Waals surface area contributed by atoms with E-state index in [2.05, 4.69) is 10.6 Å². The summed E-state index contributed by atoms with van der Waals surface area (Å²) in [6.45, 7) is 3.26. The maximum atomic E-state index is 11.9. The molecular weight excluding hydrogens is 250 g/mol. The molecule has 1 saturated heterocycles. The minimum Gasteiger partial charge on any atom is -0.480 e. The molecule has 0 aliphatic carbocycles. The van der Waals surface area contributed by atoms with E-state index in [9.17, 15) is 14.7 Å². The summed E-state index contributed by atoms with van der Waals surface area (Å²) in [5, 5.41) is 14.6. The first-order chi connectivity index (χ1) is 8.85. The molecule has 1 heterocycles. The van der Waals surface area contributed by atoms with Crippen molar-refractivity contribution < 1.29 is 19.4 Å². The van der Waals surface area contributed by atoms with E-state index in [1.165, 1.54) is 0 Å². The molecule has 19 heavy (non-hydrogen) atoms. The van der Waals surface area contributed by atoms with Gasteiger partial charge in [0.25, 0.3) is 0 Å². The van der Waals surface area contributed by atoms with Gasteiger partial charge >= 0.3 is 12.0 Å². The molecule has 1 rings (SSSR count). The molecule has 1 unspecified atom stereocenters. The van der Waals surface area contributed by atoms with Crippen LogP contribution in [-0.4, -0.2) is 67.4 Å². The van der Waals surface area contributed by atoms with Gasteiger partial charge in [-0.1, -0.05) is 0 Å². The van der Waals surface area contributed by atoms with E-state index in [1.807, 2.05) is 25.9 Å². The molecule has 110 valence electrons. The molecule has 0 aromatic heterocycles. The molecule has 0 bridgehead atoms. The number of nitrogens with one attached hydrogen (secondary N) is 2. The summed E-state index contributed by atoms with van der Waals surface area (Å²) in [4.78, 5) is 25.2. The fourth-order valence-electron chi connectivity index (χ4n) is 2.18. The first-order valence-electron chi connectivity index (χ1n) is 6.40. The van der Waals surface area contributed by atoms with Crippen LogP contribution in [0.3, 0.4) is 0 Å². The Morgan fingerprint density at radius 2 is 1.95 bits per heavy atom. The van der Waals surface area contributed by atoms with E-state index >= 15 is 0 Å². The van der Waals surface area contributed by atoms with E-state index in [0.717, 1.165) is 0 Å². The van der Waals surface area contributed by atoms with Gasteiger partial charge in [0.05, 0.1) is 0 Å². The number of carbonyl (C=O) groups is 2. The van der Waals surface area contributed by atoms with E-state index < -0.39 is 17.5 Å². The van der Waals surface area contributed by atoms with Crippen molar-refractivity contribution in [3.63, 3.8) is 0 Å². The van der Waals surface area contributed by atoms with Crippen LogP contribution in [0.15, 0.2) is 0 Å². The second kappa shape index (κ2) is 6.72. The van der Waals surface area contributed by atoms with Gasteiger partial charge in [0.2, 0.25) is 0 Å². The van der Waals surface area contributed by atoms with Gasteiger partial charge in [0.1, 0.15) is 5.54 Å². The van der Waals surface area contributed by atoms with E-state index in [1.54, 1.807) is 0 Å². The molecule has 1 aliphatic rings. The second-order valence-electron chi connectivity index (χ2n) is 5.26. The molecule has 2 amide bonds. The summed E-state index contributed by atoms with van der Waals surface area (Å²) in [7, 11) is 3.82. The van der Waals surface area contributed by atoms with Crippen LogP contribution in [0.5, 0.6) is 0 Å². The van der Waals surface area contributed by atoms with Gasteiger partial charge in [0, 0.05) is 38.6 Å². The quantitative estimate of drug-likeness (QED) is 0.649. The highest BCUT2D eigenvalue weighted by Crippen LogP contribution is 2.20. The number of ether oxygens (including phenoxy) is 1. The maximum absolute atomic E-state index is 11.9. The number of hydrogen-bond donors (Lipinski definition) is 3. The number of nitrogens with zero attached hydrogens (tertiary/aromatic N) is 1. The number of likely N-dealkylation sites (N-methyl/N-ethyl adjacent to an activating group) is 1. The normalized spacial score (nSPS) is 19.8. The molecule has 7 heteroatoms. The van der Waals surface area contributed by atoms with Crippen LogP contribution in [0.4, 0.5) is 4.79 Å². The monoisotopic (exact) mass is 273 g/mol. The van der Waals surface area contributed by atoms with Crippen molar-refractivity contribution in [1.82, 2.24) is 15.5 Å². The van der Waals surface area contributed by atoms with Crippen molar-refractivity contribution in [2.45, 2.75) is 31.3 Å². The Balaban J connectivity index is 2.55. The van der Waals surface area contributed by atoms with Crippen molar-refractivity contribution in [1.29, 1.82) is 0 Å². The molecule has 0 radical (unpaired) electrons. The third-order valence-electron chi connectivity index (χ3n) is 3.13. The topological polar surface area (TPSA) is 90.9 Å². The molecule has 0 spiro atoms. The molecular formula is C12H23N3O4. The van der Waals surface area contributed by atoms with Crippen LogP contribution in [0.25, 0.3) is 0 Å². The van der Waals surface area contributed by atoms with Crippen molar-refractivity contribution in [3.05, 3.63) is 0 Å². The lowest BCUT2D eigenvalue weighted by Gasteiger charge is -2.34. The van der Waals surface area contributed by atoms with Crippen LogP contribution in [0, 0.1) is 0 Å². The Labute approximate surface area is 113 Å². The molecule has 0 aromatic rings. The maximum Gasteiger partial charge on any atom is 0.329 e. The zero-order valence-electron chi connectivity index (χ0n) is 11.7. The SMILES string of the molecule is CC(CN(C)C)NC(=O)NC1(C(=O)O)CCOCC1. The van der Waals surface area contributed by atoms with Crippen molar-refractivity contribution in [2.75, 3.05) is 33.9 Å². The zero-order valence-corrected chi connectivity index (χ0v) is 11.7. The molecule has 3 N–H and O–H groups in total. The zero-order chi connectivity index (χ0) is 14.5. The smallest absolute Gasteiger partial charge is 0.329 e. The number of urea groups is 1. The van der Waals surface area contributed by atoms with E-state index in [4.69, 9.17) is 4.74 Å². The number of amides is 2. The van der Waals surface area contributed by atoms with Crippen LogP contribution < -0.4 is 10.6 Å². The number of carbonyl (C=O) groups excluding carboxylic acids is 1. The van der Waals surface area contributed by atoms with Crippen molar-refractivity contribution in [3.8, 4) is 0 Å². The lowest BCUT2D eigenvalue weighted by Crippen LogP contribution is -2.60. The summed E-state index contributed by atoms with van der Waals surface area (Å²) in [5.74, 6) is -1.01. The van der Waals surface area contributed by atoms with Gasteiger partial charge in [-0.2, -0.15) is 0 Å². The Morgan fingerprint density at radius 1 is 1.37 bits per heavy atom. The summed E-state index contributed by atoms with van der Waals surface area (Å²) in [5.41, 5.74) is -1.21. The summed E-state index contributed by atoms with van der Waals surface area (Å²) in [6.07, 6.45) is 0.579. The molecule has 7 nitrogen and oxygen atoms in total. The van der Waals surface area contributed by atoms with Crippen LogP contribution >= 0.6 is 0 Å². The van der Waals surface area contributed by atoms with Crippen LogP contribution in [0.1, 0.15) is 19.8 Å². The first kappa shape index (κ1) is 15.7. The van der Waals surface area contributed by atoms with Crippen LogP contribution in [0.2, 0.25) is 0 Å². The molecule has 1 fully saturated rings.